The Labute approximate surface area is 125 Å². The van der Waals surface area contributed by atoms with Crippen LogP contribution in [0.15, 0.2) is 47.0 Å². The second kappa shape index (κ2) is 5.46. The fourth-order valence-electron chi connectivity index (χ4n) is 2.06. The smallest absolute Gasteiger partial charge is 0.230 e. The van der Waals surface area contributed by atoms with Crippen LogP contribution in [0.2, 0.25) is 5.02 Å². The van der Waals surface area contributed by atoms with Gasteiger partial charge in [0, 0.05) is 10.4 Å². The number of hydrogen-bond acceptors (Lipinski definition) is 4. The predicted octanol–water partition coefficient (Wildman–Crippen LogP) is 3.24. The van der Waals surface area contributed by atoms with Crippen LogP contribution in [-0.4, -0.2) is 11.1 Å². The molecule has 6 heteroatoms. The number of carbonyl (C=O) groups excluding carboxylic acids is 1. The monoisotopic (exact) mass is 301 g/mol. The highest BCUT2D eigenvalue weighted by molar-refractivity contribution is 6.31. The van der Waals surface area contributed by atoms with Gasteiger partial charge in [0.05, 0.1) is 17.8 Å². The van der Waals surface area contributed by atoms with Crippen molar-refractivity contribution in [2.75, 3.05) is 11.1 Å². The van der Waals surface area contributed by atoms with E-state index in [1.165, 1.54) is 0 Å². The number of amides is 1. The average Bonchev–Trinajstić information content (AvgIpc) is 2.85. The fourth-order valence-corrected chi connectivity index (χ4v) is 2.24. The first-order chi connectivity index (χ1) is 10.1. The molecule has 0 aliphatic heterocycles. The molecule has 0 spiro atoms. The van der Waals surface area contributed by atoms with Crippen LogP contribution in [0.25, 0.3) is 11.0 Å². The number of nitrogen functional groups attached to an aromatic ring is 1. The zero-order valence-corrected chi connectivity index (χ0v) is 11.7. The molecule has 0 bridgehead atoms. The van der Waals surface area contributed by atoms with Gasteiger partial charge in [-0.25, -0.2) is 0 Å². The molecule has 1 aromatic heterocycles. The van der Waals surface area contributed by atoms with E-state index < -0.39 is 0 Å². The summed E-state index contributed by atoms with van der Waals surface area (Å²) < 4.78 is 5.17. The molecule has 0 aliphatic rings. The normalized spacial score (nSPS) is 10.7. The summed E-state index contributed by atoms with van der Waals surface area (Å²) in [5.41, 5.74) is 7.99. The average molecular weight is 302 g/mol. The Balaban J connectivity index is 1.77. The SMILES string of the molecule is Nc1cc(Cl)ccc1NC(=O)Cc1noc2ccccc12. The standard InChI is InChI=1S/C15H12ClN3O2/c16-9-5-6-12(11(17)7-9)18-15(20)8-13-10-3-1-2-4-14(10)21-19-13/h1-7H,8,17H2,(H,18,20). The molecule has 0 unspecified atom stereocenters. The third kappa shape index (κ3) is 2.83. The van der Waals surface area contributed by atoms with E-state index >= 15 is 0 Å². The summed E-state index contributed by atoms with van der Waals surface area (Å²) in [7, 11) is 0. The first-order valence-corrected chi connectivity index (χ1v) is 6.69. The molecule has 0 radical (unpaired) electrons. The van der Waals surface area contributed by atoms with Gasteiger partial charge < -0.3 is 15.6 Å². The van der Waals surface area contributed by atoms with Crippen molar-refractivity contribution in [1.82, 2.24) is 5.16 Å². The van der Waals surface area contributed by atoms with Crippen molar-refractivity contribution in [2.45, 2.75) is 6.42 Å². The highest BCUT2D eigenvalue weighted by Crippen LogP contribution is 2.23. The van der Waals surface area contributed by atoms with E-state index in [0.29, 0.717) is 27.7 Å². The molecule has 5 nitrogen and oxygen atoms in total. The van der Waals surface area contributed by atoms with Gasteiger partial charge in [-0.1, -0.05) is 28.9 Å². The molecule has 1 amide bonds. The van der Waals surface area contributed by atoms with E-state index in [-0.39, 0.29) is 12.3 Å². The number of halogens is 1. The van der Waals surface area contributed by atoms with Crippen LogP contribution in [0, 0.1) is 0 Å². The van der Waals surface area contributed by atoms with Crippen LogP contribution in [0.4, 0.5) is 11.4 Å². The quantitative estimate of drug-likeness (QED) is 0.728. The second-order valence-corrected chi connectivity index (χ2v) is 5.02. The van der Waals surface area contributed by atoms with Crippen molar-refractivity contribution < 1.29 is 9.32 Å². The van der Waals surface area contributed by atoms with E-state index in [0.717, 1.165) is 5.39 Å². The van der Waals surface area contributed by atoms with Crippen molar-refractivity contribution in [3.63, 3.8) is 0 Å². The van der Waals surface area contributed by atoms with Gasteiger partial charge in [0.1, 0.15) is 5.69 Å². The summed E-state index contributed by atoms with van der Waals surface area (Å²) in [6.45, 7) is 0. The number of benzene rings is 2. The molecule has 0 saturated heterocycles. The van der Waals surface area contributed by atoms with Gasteiger partial charge in [0.2, 0.25) is 5.91 Å². The fraction of sp³-hybridized carbons (Fsp3) is 0.0667. The molecule has 106 valence electrons. The Morgan fingerprint density at radius 3 is 2.90 bits per heavy atom. The van der Waals surface area contributed by atoms with E-state index in [2.05, 4.69) is 10.5 Å². The third-order valence-electron chi connectivity index (χ3n) is 3.07. The number of nitrogens with one attached hydrogen (secondary N) is 1. The van der Waals surface area contributed by atoms with E-state index in [4.69, 9.17) is 21.9 Å². The van der Waals surface area contributed by atoms with Crippen molar-refractivity contribution in [1.29, 1.82) is 0 Å². The van der Waals surface area contributed by atoms with Gasteiger partial charge in [0.15, 0.2) is 5.58 Å². The zero-order chi connectivity index (χ0) is 14.8. The van der Waals surface area contributed by atoms with Gasteiger partial charge in [-0.05, 0) is 30.3 Å². The van der Waals surface area contributed by atoms with Gasteiger partial charge in [-0.3, -0.25) is 4.79 Å². The molecule has 0 aliphatic carbocycles. The molecule has 3 aromatic rings. The Hall–Kier alpha value is -2.53. The third-order valence-corrected chi connectivity index (χ3v) is 3.30. The van der Waals surface area contributed by atoms with Crippen molar-refractivity contribution >= 4 is 39.9 Å². The van der Waals surface area contributed by atoms with Crippen LogP contribution in [0.3, 0.4) is 0 Å². The molecule has 3 rings (SSSR count). The van der Waals surface area contributed by atoms with Crippen molar-refractivity contribution in [3.8, 4) is 0 Å². The zero-order valence-electron chi connectivity index (χ0n) is 11.0. The lowest BCUT2D eigenvalue weighted by Gasteiger charge is -2.07. The van der Waals surface area contributed by atoms with Gasteiger partial charge in [0.25, 0.3) is 0 Å². The molecular weight excluding hydrogens is 290 g/mol. The minimum atomic E-state index is -0.219. The number of aromatic nitrogens is 1. The molecule has 2 aromatic carbocycles. The Morgan fingerprint density at radius 1 is 1.29 bits per heavy atom. The molecule has 21 heavy (non-hydrogen) atoms. The molecular formula is C15H12ClN3O2. The van der Waals surface area contributed by atoms with Crippen LogP contribution < -0.4 is 11.1 Å². The first-order valence-electron chi connectivity index (χ1n) is 6.31. The lowest BCUT2D eigenvalue weighted by Crippen LogP contribution is -2.15. The van der Waals surface area contributed by atoms with Gasteiger partial charge in [-0.2, -0.15) is 0 Å². The summed E-state index contributed by atoms with van der Waals surface area (Å²) >= 11 is 5.82. The number of para-hydroxylation sites is 1. The highest BCUT2D eigenvalue weighted by Gasteiger charge is 2.13. The van der Waals surface area contributed by atoms with Crippen molar-refractivity contribution in [3.05, 3.63) is 53.2 Å². The van der Waals surface area contributed by atoms with E-state index in [1.54, 1.807) is 24.3 Å². The largest absolute Gasteiger partial charge is 0.397 e. The number of nitrogens with zero attached hydrogens (tertiary/aromatic N) is 1. The summed E-state index contributed by atoms with van der Waals surface area (Å²) in [4.78, 5) is 12.1. The number of fused-ring (bicyclic) bond motifs is 1. The van der Waals surface area contributed by atoms with Gasteiger partial charge in [-0.15, -0.1) is 0 Å². The number of rotatable bonds is 3. The molecule has 1 heterocycles. The minimum absolute atomic E-state index is 0.110. The van der Waals surface area contributed by atoms with Crippen LogP contribution in [0.1, 0.15) is 5.69 Å². The highest BCUT2D eigenvalue weighted by atomic mass is 35.5. The van der Waals surface area contributed by atoms with Crippen molar-refractivity contribution in [2.24, 2.45) is 0 Å². The molecule has 0 saturated carbocycles. The number of nitrogens with two attached hydrogens (primary N) is 1. The first kappa shape index (κ1) is 13.5. The summed E-state index contributed by atoms with van der Waals surface area (Å²) in [5.74, 6) is -0.219. The van der Waals surface area contributed by atoms with Crippen LogP contribution in [0.5, 0.6) is 0 Å². The van der Waals surface area contributed by atoms with E-state index in [1.807, 2.05) is 18.2 Å². The predicted molar refractivity (Wildman–Crippen MR) is 82.2 cm³/mol. The number of hydrogen-bond donors (Lipinski definition) is 2. The number of anilines is 2. The maximum absolute atomic E-state index is 12.1. The van der Waals surface area contributed by atoms with Crippen LogP contribution in [-0.2, 0) is 11.2 Å². The Morgan fingerprint density at radius 2 is 2.10 bits per heavy atom. The van der Waals surface area contributed by atoms with Gasteiger partial charge >= 0.3 is 0 Å². The molecule has 0 fully saturated rings. The molecule has 0 atom stereocenters. The minimum Gasteiger partial charge on any atom is -0.397 e. The summed E-state index contributed by atoms with van der Waals surface area (Å²) in [6.07, 6.45) is 0.110. The lowest BCUT2D eigenvalue weighted by atomic mass is 10.1. The Bertz CT molecular complexity index is 814. The Kier molecular flexibility index (Phi) is 3.50. The maximum Gasteiger partial charge on any atom is 0.230 e. The lowest BCUT2D eigenvalue weighted by molar-refractivity contribution is -0.115. The maximum atomic E-state index is 12.1. The van der Waals surface area contributed by atoms with E-state index in [9.17, 15) is 4.79 Å². The second-order valence-electron chi connectivity index (χ2n) is 4.58. The summed E-state index contributed by atoms with van der Waals surface area (Å²) in [5, 5.41) is 8.01. The topological polar surface area (TPSA) is 81.1 Å². The van der Waals surface area contributed by atoms with Crippen LogP contribution >= 0.6 is 11.6 Å². The summed E-state index contributed by atoms with van der Waals surface area (Å²) in [6, 6.07) is 12.3. The number of carbonyl (C=O) groups is 1. The molecule has 3 N–H and O–H groups in total.